The van der Waals surface area contributed by atoms with Crippen molar-refractivity contribution in [3.8, 4) is 11.5 Å². The van der Waals surface area contributed by atoms with Gasteiger partial charge in [-0.1, -0.05) is 52.3 Å². The lowest BCUT2D eigenvalue weighted by Gasteiger charge is -2.41. The van der Waals surface area contributed by atoms with Crippen molar-refractivity contribution in [1.82, 2.24) is 9.47 Å². The third kappa shape index (κ3) is 3.52. The number of aromatic nitrogens is 1. The molecule has 0 saturated heterocycles. The highest BCUT2D eigenvalue weighted by Crippen LogP contribution is 2.45. The zero-order chi connectivity index (χ0) is 23.2. The molecule has 0 fully saturated rings. The van der Waals surface area contributed by atoms with Gasteiger partial charge in [0.25, 0.3) is 0 Å². The molecule has 1 aromatic heterocycles. The standard InChI is InChI=1S/C28H27BrN2O3/c1-33-26-12-19-10-11-30-15-25-21(28-22(29)8-5-9-23(28)31(25)17-32)13-24(30)20(19)14-27(26)34-16-18-6-3-2-4-7-18/h2-9,12,14,24,32H,10-11,13,15-17H2,1H3. The third-order valence-corrected chi connectivity index (χ3v) is 7.94. The minimum Gasteiger partial charge on any atom is -0.493 e. The van der Waals surface area contributed by atoms with Crippen LogP contribution < -0.4 is 9.47 Å². The van der Waals surface area contributed by atoms with Crippen molar-refractivity contribution < 1.29 is 14.6 Å². The van der Waals surface area contributed by atoms with E-state index < -0.39 is 0 Å². The molecule has 34 heavy (non-hydrogen) atoms. The van der Waals surface area contributed by atoms with Crippen LogP contribution in [0.3, 0.4) is 0 Å². The summed E-state index contributed by atoms with van der Waals surface area (Å²) in [5.74, 6) is 1.58. The number of aliphatic hydroxyl groups excluding tert-OH is 1. The zero-order valence-electron chi connectivity index (χ0n) is 19.1. The average Bonchev–Trinajstić information content (AvgIpc) is 3.19. The van der Waals surface area contributed by atoms with E-state index >= 15 is 0 Å². The molecular weight excluding hydrogens is 492 g/mol. The molecule has 0 bridgehead atoms. The predicted molar refractivity (Wildman–Crippen MR) is 136 cm³/mol. The molecule has 1 unspecified atom stereocenters. The fourth-order valence-corrected chi connectivity index (χ4v) is 6.23. The van der Waals surface area contributed by atoms with Crippen molar-refractivity contribution in [2.24, 2.45) is 0 Å². The summed E-state index contributed by atoms with van der Waals surface area (Å²) < 4.78 is 15.1. The van der Waals surface area contributed by atoms with Crippen LogP contribution in [0.15, 0.2) is 65.1 Å². The molecule has 1 N–H and O–H groups in total. The molecule has 1 atom stereocenters. The maximum atomic E-state index is 10.2. The van der Waals surface area contributed by atoms with Crippen LogP contribution in [-0.4, -0.2) is 28.2 Å². The number of rotatable bonds is 5. The number of fused-ring (bicyclic) bond motifs is 6. The number of nitrogens with zero attached hydrogens (tertiary/aromatic N) is 2. The fourth-order valence-electron chi connectivity index (χ4n) is 5.63. The largest absolute Gasteiger partial charge is 0.493 e. The summed E-state index contributed by atoms with van der Waals surface area (Å²) >= 11 is 3.77. The molecule has 0 saturated carbocycles. The second kappa shape index (κ2) is 8.77. The van der Waals surface area contributed by atoms with Gasteiger partial charge in [-0.3, -0.25) is 4.90 Å². The van der Waals surface area contributed by atoms with Gasteiger partial charge in [0, 0.05) is 34.7 Å². The zero-order valence-corrected chi connectivity index (χ0v) is 20.7. The molecule has 4 aromatic rings. The van der Waals surface area contributed by atoms with Crippen molar-refractivity contribution in [3.63, 3.8) is 0 Å². The number of hydrogen-bond donors (Lipinski definition) is 1. The van der Waals surface area contributed by atoms with E-state index in [1.54, 1.807) is 7.11 Å². The Morgan fingerprint density at radius 2 is 1.91 bits per heavy atom. The molecule has 6 rings (SSSR count). The highest BCUT2D eigenvalue weighted by molar-refractivity contribution is 9.10. The van der Waals surface area contributed by atoms with Gasteiger partial charge < -0.3 is 19.1 Å². The lowest BCUT2D eigenvalue weighted by molar-refractivity contribution is 0.145. The molecule has 0 radical (unpaired) electrons. The van der Waals surface area contributed by atoms with Crippen molar-refractivity contribution in [3.05, 3.63) is 93.1 Å². The first-order chi connectivity index (χ1) is 16.7. The van der Waals surface area contributed by atoms with Gasteiger partial charge >= 0.3 is 0 Å². The Hall–Kier alpha value is -2.80. The summed E-state index contributed by atoms with van der Waals surface area (Å²) in [6, 6.07) is 21.1. The van der Waals surface area contributed by atoms with E-state index in [2.05, 4.69) is 61.8 Å². The Balaban J connectivity index is 1.40. The quantitative estimate of drug-likeness (QED) is 0.373. The van der Waals surface area contributed by atoms with Crippen molar-refractivity contribution in [2.45, 2.75) is 38.8 Å². The van der Waals surface area contributed by atoms with E-state index in [0.29, 0.717) is 6.61 Å². The fraction of sp³-hybridized carbons (Fsp3) is 0.286. The summed E-state index contributed by atoms with van der Waals surface area (Å²) in [7, 11) is 1.71. The lowest BCUT2D eigenvalue weighted by Crippen LogP contribution is -2.39. The first-order valence-electron chi connectivity index (χ1n) is 11.7. The van der Waals surface area contributed by atoms with Gasteiger partial charge in [0.05, 0.1) is 12.6 Å². The van der Waals surface area contributed by atoms with Crippen LogP contribution >= 0.6 is 15.9 Å². The Labute approximate surface area is 207 Å². The third-order valence-electron chi connectivity index (χ3n) is 7.28. The van der Waals surface area contributed by atoms with Crippen LogP contribution in [0.1, 0.15) is 34.0 Å². The van der Waals surface area contributed by atoms with Crippen LogP contribution in [0.4, 0.5) is 0 Å². The van der Waals surface area contributed by atoms with Gasteiger partial charge in [-0.2, -0.15) is 0 Å². The van der Waals surface area contributed by atoms with Crippen molar-refractivity contribution in [1.29, 1.82) is 0 Å². The molecular formula is C28H27BrN2O3. The highest BCUT2D eigenvalue weighted by atomic mass is 79.9. The van der Waals surface area contributed by atoms with Crippen LogP contribution in [0, 0.1) is 0 Å². The van der Waals surface area contributed by atoms with Crippen molar-refractivity contribution in [2.75, 3.05) is 13.7 Å². The predicted octanol–water partition coefficient (Wildman–Crippen LogP) is 5.60. The number of benzene rings is 3. The number of ether oxygens (including phenoxy) is 2. The topological polar surface area (TPSA) is 46.9 Å². The minimum atomic E-state index is -0.00788. The molecule has 174 valence electrons. The Bertz CT molecular complexity index is 1370. The van der Waals surface area contributed by atoms with E-state index in [-0.39, 0.29) is 12.8 Å². The molecule has 3 aromatic carbocycles. The van der Waals surface area contributed by atoms with Crippen molar-refractivity contribution >= 4 is 26.8 Å². The van der Waals surface area contributed by atoms with E-state index in [1.165, 1.54) is 27.8 Å². The smallest absolute Gasteiger partial charge is 0.162 e. The number of hydrogen-bond acceptors (Lipinski definition) is 4. The van der Waals surface area contributed by atoms with Gasteiger partial charge in [0.2, 0.25) is 0 Å². The summed E-state index contributed by atoms with van der Waals surface area (Å²) in [4.78, 5) is 2.54. The molecule has 0 amide bonds. The van der Waals surface area contributed by atoms with E-state index in [4.69, 9.17) is 9.47 Å². The van der Waals surface area contributed by atoms with Gasteiger partial charge in [0.15, 0.2) is 11.5 Å². The molecule has 0 aliphatic carbocycles. The highest BCUT2D eigenvalue weighted by Gasteiger charge is 2.36. The van der Waals surface area contributed by atoms with Crippen LogP contribution in [0.25, 0.3) is 10.9 Å². The van der Waals surface area contributed by atoms with Crippen LogP contribution in [-0.2, 0) is 32.7 Å². The molecule has 3 heterocycles. The second-order valence-electron chi connectivity index (χ2n) is 9.05. The number of aliphatic hydroxyl groups is 1. The van der Waals surface area contributed by atoms with E-state index in [9.17, 15) is 5.11 Å². The van der Waals surface area contributed by atoms with E-state index in [0.717, 1.165) is 53.0 Å². The maximum Gasteiger partial charge on any atom is 0.162 e. The summed E-state index contributed by atoms with van der Waals surface area (Å²) in [5.41, 5.74) is 7.42. The normalized spacial score (nSPS) is 17.2. The summed E-state index contributed by atoms with van der Waals surface area (Å²) in [6.07, 6.45) is 1.87. The molecule has 2 aliphatic heterocycles. The Kier molecular flexibility index (Phi) is 5.60. The van der Waals surface area contributed by atoms with Gasteiger partial charge in [-0.25, -0.2) is 0 Å². The average molecular weight is 519 g/mol. The van der Waals surface area contributed by atoms with Crippen LogP contribution in [0.5, 0.6) is 11.5 Å². The number of halogens is 1. The van der Waals surface area contributed by atoms with Crippen LogP contribution in [0.2, 0.25) is 0 Å². The van der Waals surface area contributed by atoms with Gasteiger partial charge in [-0.15, -0.1) is 0 Å². The lowest BCUT2D eigenvalue weighted by atomic mass is 9.85. The van der Waals surface area contributed by atoms with E-state index in [1.807, 2.05) is 24.3 Å². The first-order valence-corrected chi connectivity index (χ1v) is 12.5. The molecule has 2 aliphatic rings. The molecule has 5 nitrogen and oxygen atoms in total. The monoisotopic (exact) mass is 518 g/mol. The van der Waals surface area contributed by atoms with Gasteiger partial charge in [-0.05, 0) is 59.4 Å². The summed E-state index contributed by atoms with van der Waals surface area (Å²) in [5, 5.41) is 11.4. The summed E-state index contributed by atoms with van der Waals surface area (Å²) in [6.45, 7) is 2.31. The first kappa shape index (κ1) is 21.7. The molecule has 0 spiro atoms. The SMILES string of the molecule is COc1cc2c(cc1OCc1ccccc1)C1Cc3c(n(CO)c4cccc(Br)c34)CN1CC2. The minimum absolute atomic E-state index is 0.00788. The second-order valence-corrected chi connectivity index (χ2v) is 9.90. The maximum absolute atomic E-state index is 10.2. The van der Waals surface area contributed by atoms with Gasteiger partial charge in [0.1, 0.15) is 13.3 Å². The number of methoxy groups -OCH3 is 1. The Morgan fingerprint density at radius 3 is 2.71 bits per heavy atom. The molecule has 6 heteroatoms. The Morgan fingerprint density at radius 1 is 1.06 bits per heavy atom.